The average Bonchev–Trinajstić information content (AvgIpc) is 4.19. The Hall–Kier alpha value is -8.99. The molecule has 8 atom stereocenters. The summed E-state index contributed by atoms with van der Waals surface area (Å²) in [6, 6.07) is 5.01. The molecule has 446 valence electrons. The van der Waals surface area contributed by atoms with E-state index in [1.165, 1.54) is 6.26 Å². The number of nitrogens with two attached hydrogens (primary N) is 2. The van der Waals surface area contributed by atoms with E-state index in [-0.39, 0.29) is 84.1 Å². The Morgan fingerprint density at radius 1 is 0.463 bits per heavy atom. The van der Waals surface area contributed by atoms with Gasteiger partial charge >= 0.3 is 0 Å². The second-order valence-electron chi connectivity index (χ2n) is 17.2. The first-order valence-corrected chi connectivity index (χ1v) is 23.6. The van der Waals surface area contributed by atoms with E-state index < -0.39 is 89.0 Å². The smallest absolute Gasteiger partial charge is 0.294 e. The lowest BCUT2D eigenvalue weighted by atomic mass is 10.1. The Morgan fingerprint density at radius 2 is 0.750 bits per heavy atom. The normalized spacial score (nSPS) is 23.2. The Labute approximate surface area is 448 Å². The molecular weight excluding hydrogens is 1100 g/mol. The van der Waals surface area contributed by atoms with Crippen molar-refractivity contribution < 1.29 is 93.7 Å². The summed E-state index contributed by atoms with van der Waals surface area (Å²) in [5.74, 6) is -0.822. The van der Waals surface area contributed by atoms with Crippen molar-refractivity contribution in [1.29, 1.82) is 5.26 Å². The summed E-state index contributed by atoms with van der Waals surface area (Å²) in [5.41, 5.74) is 11.4. The van der Waals surface area contributed by atoms with Crippen LogP contribution >= 0.6 is 0 Å². The van der Waals surface area contributed by atoms with Crippen LogP contribution in [0.3, 0.4) is 0 Å². The number of amides is 2. The quantitative estimate of drug-likeness (QED) is 0.0256. The Kier molecular flexibility index (Phi) is 27.2. The number of carbonyl (C=O) groups is 2. The average molecular weight is 1160 g/mol. The molecular formula is C37H56N16O27. The van der Waals surface area contributed by atoms with Gasteiger partial charge in [-0.1, -0.05) is 12.1 Å². The third kappa shape index (κ3) is 22.9. The van der Waals surface area contributed by atoms with Crippen LogP contribution in [0.25, 0.3) is 0 Å². The van der Waals surface area contributed by atoms with E-state index in [0.29, 0.717) is 69.8 Å². The number of rotatable bonds is 30. The lowest BCUT2D eigenvalue weighted by Gasteiger charge is -2.25. The van der Waals surface area contributed by atoms with Crippen LogP contribution < -0.4 is 11.5 Å². The number of likely N-dealkylation sites (tertiary alicyclic amines) is 4. The van der Waals surface area contributed by atoms with Gasteiger partial charge in [-0.05, 0) is 37.8 Å². The maximum absolute atomic E-state index is 12.4. The van der Waals surface area contributed by atoms with E-state index >= 15 is 0 Å². The van der Waals surface area contributed by atoms with Gasteiger partial charge in [0.25, 0.3) is 58.8 Å². The topological polar surface area (TPSA) is 554 Å². The van der Waals surface area contributed by atoms with Gasteiger partial charge in [0.15, 0.2) is 0 Å². The van der Waals surface area contributed by atoms with Gasteiger partial charge < -0.3 is 54.9 Å². The minimum absolute atomic E-state index is 0.0481. The van der Waals surface area contributed by atoms with Gasteiger partial charge in [0, 0.05) is 96.2 Å². The number of hydrogen-bond acceptors (Lipinski definition) is 34. The number of benzene rings is 1. The molecule has 5 aliphatic rings. The molecule has 43 nitrogen and oxygen atoms in total. The lowest BCUT2D eigenvalue weighted by Crippen LogP contribution is -2.42. The lowest BCUT2D eigenvalue weighted by molar-refractivity contribution is -0.768. The monoisotopic (exact) mass is 1160 g/mol. The first-order chi connectivity index (χ1) is 37.9. The third-order valence-corrected chi connectivity index (χ3v) is 12.3. The minimum Gasteiger partial charge on any atom is -0.426 e. The molecule has 1 aromatic rings. The fourth-order valence-electron chi connectivity index (χ4n) is 9.13. The Balaban J connectivity index is 0.000000287. The highest BCUT2D eigenvalue weighted by atomic mass is 17.0. The summed E-state index contributed by atoms with van der Waals surface area (Å²) in [7, 11) is 0. The molecule has 0 spiro atoms. The van der Waals surface area contributed by atoms with Gasteiger partial charge in [-0.3, -0.25) is 34.1 Å². The van der Waals surface area contributed by atoms with Gasteiger partial charge in [0.1, 0.15) is 57.5 Å². The number of hydrogen-bond donors (Lipinski definition) is 2. The standard InChI is InChI=1S/C15H16N4O8.C8H12N4O7.2C7H14N4O6/c20-14-12-3-1-2-4-13(12)15(21)17(14)6-5-16-8-11(27-19(24)25)7-10(16)9-26-18(22)23;9-6-17-2-1-10-4-8(19-12(15)16)3-7(10)5-18-11(13)14;2*8-1-2-9-4-7(17-11(14)15)3-6(9)5-16-10(12)13/h1-4,10-11H,5-9H2;7-8H,1-5H2;2*6-7H,1-5,8H2. The number of carbonyl (C=O) groups excluding carboxylic acids is 2. The predicted octanol–water partition coefficient (Wildman–Crippen LogP) is -2.91. The Morgan fingerprint density at radius 3 is 1.01 bits per heavy atom. The molecule has 2 amide bonds. The van der Waals surface area contributed by atoms with Gasteiger partial charge in [-0.15, -0.1) is 80.9 Å². The van der Waals surface area contributed by atoms with E-state index in [2.05, 4.69) is 43.4 Å². The van der Waals surface area contributed by atoms with Gasteiger partial charge in [-0.2, -0.15) is 5.26 Å². The number of imide groups is 1. The number of nitriles is 1. The van der Waals surface area contributed by atoms with Crippen LogP contribution in [0.15, 0.2) is 24.3 Å². The van der Waals surface area contributed by atoms with E-state index in [0.717, 1.165) is 4.90 Å². The van der Waals surface area contributed by atoms with Crippen molar-refractivity contribution in [2.75, 3.05) is 105 Å². The molecule has 4 N–H and O–H groups in total. The van der Waals surface area contributed by atoms with Crippen molar-refractivity contribution >= 4 is 11.8 Å². The van der Waals surface area contributed by atoms with E-state index in [1.54, 1.807) is 43.9 Å². The molecule has 0 saturated carbocycles. The van der Waals surface area contributed by atoms with E-state index in [1.807, 2.05) is 0 Å². The molecule has 4 fully saturated rings. The van der Waals surface area contributed by atoms with Crippen LogP contribution in [0, 0.1) is 92.4 Å². The molecule has 0 radical (unpaired) electrons. The summed E-state index contributed by atoms with van der Waals surface area (Å²) in [4.78, 5) is 150. The van der Waals surface area contributed by atoms with Gasteiger partial charge in [0.05, 0.1) is 11.1 Å². The molecule has 4 saturated heterocycles. The highest BCUT2D eigenvalue weighted by molar-refractivity contribution is 6.21. The van der Waals surface area contributed by atoms with E-state index in [4.69, 9.17) is 16.7 Å². The van der Waals surface area contributed by atoms with Crippen LogP contribution in [-0.2, 0) is 43.4 Å². The van der Waals surface area contributed by atoms with Crippen molar-refractivity contribution in [2.24, 2.45) is 11.5 Å². The SMILES string of the molecule is N#COCCN1CC(O[N+](=O)[O-])CC1CO[N+](=O)[O-].NCCN1CC(O[N+](=O)[O-])CC1CO[N+](=O)[O-].NCCN1CC(O[N+](=O)[O-])CC1CO[N+](=O)[O-].O=C1c2ccccc2C(=O)N1CCN1CC(O[N+](=O)[O-])CC1CO[N+](=O)[O-]. The van der Waals surface area contributed by atoms with Crippen molar-refractivity contribution in [3.63, 3.8) is 0 Å². The van der Waals surface area contributed by atoms with Gasteiger partial charge in [0.2, 0.25) is 0 Å². The largest absolute Gasteiger partial charge is 0.426 e. The zero-order chi connectivity index (χ0) is 59.5. The molecule has 6 rings (SSSR count). The maximum Gasteiger partial charge on any atom is 0.294 e. The highest BCUT2D eigenvalue weighted by Crippen LogP contribution is 2.26. The zero-order valence-corrected chi connectivity index (χ0v) is 42.0. The molecule has 8 unspecified atom stereocenters. The first-order valence-electron chi connectivity index (χ1n) is 23.6. The number of nitrogens with zero attached hydrogens (tertiary/aromatic N) is 14. The van der Waals surface area contributed by atoms with Crippen molar-refractivity contribution in [3.05, 3.63) is 116 Å². The maximum atomic E-state index is 12.4. The first kappa shape index (κ1) is 65.3. The van der Waals surface area contributed by atoms with Gasteiger partial charge in [-0.25, -0.2) is 0 Å². The zero-order valence-electron chi connectivity index (χ0n) is 42.0. The van der Waals surface area contributed by atoms with E-state index in [9.17, 15) is 90.5 Å². The fraction of sp³-hybridized carbons (Fsp3) is 0.757. The van der Waals surface area contributed by atoms with Crippen molar-refractivity contribution in [1.82, 2.24) is 24.5 Å². The fourth-order valence-corrected chi connectivity index (χ4v) is 9.13. The molecule has 0 aliphatic carbocycles. The molecule has 5 aliphatic heterocycles. The van der Waals surface area contributed by atoms with Crippen molar-refractivity contribution in [3.8, 4) is 6.26 Å². The van der Waals surface area contributed by atoms with Crippen LogP contribution in [0.4, 0.5) is 0 Å². The summed E-state index contributed by atoms with van der Waals surface area (Å²) in [5, 5.41) is 83.0. The molecule has 43 heteroatoms. The predicted molar refractivity (Wildman–Crippen MR) is 251 cm³/mol. The summed E-state index contributed by atoms with van der Waals surface area (Å²) < 4.78 is 4.50. The second kappa shape index (κ2) is 33.3. The minimum atomic E-state index is -0.940. The molecule has 5 heterocycles. The summed E-state index contributed by atoms with van der Waals surface area (Å²) >= 11 is 0. The third-order valence-electron chi connectivity index (χ3n) is 12.3. The van der Waals surface area contributed by atoms with Crippen molar-refractivity contribution in [2.45, 2.75) is 74.3 Å². The van der Waals surface area contributed by atoms with Crippen LogP contribution in [-0.4, -0.2) is 231 Å². The molecule has 0 aromatic heterocycles. The van der Waals surface area contributed by atoms with Crippen LogP contribution in [0.2, 0.25) is 0 Å². The van der Waals surface area contributed by atoms with Crippen LogP contribution in [0.1, 0.15) is 46.4 Å². The molecule has 0 bridgehead atoms. The number of ether oxygens (including phenoxy) is 1. The Bertz CT molecular complexity index is 2230. The highest BCUT2D eigenvalue weighted by Gasteiger charge is 2.40. The summed E-state index contributed by atoms with van der Waals surface area (Å²) in [6.45, 7) is 2.58. The number of fused-ring (bicyclic) bond motifs is 1. The summed E-state index contributed by atoms with van der Waals surface area (Å²) in [6.07, 6.45) is -0.0787. The molecule has 80 heavy (non-hydrogen) atoms. The van der Waals surface area contributed by atoms with Crippen LogP contribution in [0.5, 0.6) is 0 Å². The second-order valence-corrected chi connectivity index (χ2v) is 17.2. The molecule has 1 aromatic carbocycles.